The zero-order valence-corrected chi connectivity index (χ0v) is 17.1. The van der Waals surface area contributed by atoms with Crippen LogP contribution in [0.5, 0.6) is 0 Å². The lowest BCUT2D eigenvalue weighted by molar-refractivity contribution is -0.110. The standard InChI is InChI=1S/C18H15BrN6O2S/c1-25-18(21-23-24-25)28-16-8-7-12(19)9-13(16)20-17(26)14-10-15(27-22-14)11-5-3-2-4-6-11/h2-9,15H,10H2,1H3,(H,20,26). The second-order valence-corrected chi connectivity index (χ2v) is 7.95. The summed E-state index contributed by atoms with van der Waals surface area (Å²) in [5.41, 5.74) is 1.98. The molecule has 28 heavy (non-hydrogen) atoms. The van der Waals surface area contributed by atoms with Crippen molar-refractivity contribution >= 4 is 45.0 Å². The summed E-state index contributed by atoms with van der Waals surface area (Å²) in [5.74, 6) is -0.297. The van der Waals surface area contributed by atoms with Crippen LogP contribution in [0.25, 0.3) is 0 Å². The van der Waals surface area contributed by atoms with Crippen LogP contribution in [0, 0.1) is 0 Å². The van der Waals surface area contributed by atoms with E-state index in [2.05, 4.69) is 41.9 Å². The second kappa shape index (κ2) is 8.11. The van der Waals surface area contributed by atoms with E-state index in [9.17, 15) is 4.79 Å². The molecule has 142 valence electrons. The number of aromatic nitrogens is 4. The zero-order chi connectivity index (χ0) is 19.5. The molecule has 0 aliphatic carbocycles. The van der Waals surface area contributed by atoms with Crippen molar-refractivity contribution in [2.45, 2.75) is 22.6 Å². The Hall–Kier alpha value is -2.72. The van der Waals surface area contributed by atoms with Crippen LogP contribution in [0.15, 0.2) is 68.2 Å². The van der Waals surface area contributed by atoms with Crippen LogP contribution in [0.4, 0.5) is 5.69 Å². The Morgan fingerprint density at radius 3 is 2.86 bits per heavy atom. The number of amides is 1. The van der Waals surface area contributed by atoms with Gasteiger partial charge in [-0.25, -0.2) is 4.68 Å². The molecule has 0 bridgehead atoms. The van der Waals surface area contributed by atoms with Gasteiger partial charge in [0.2, 0.25) is 5.16 Å². The van der Waals surface area contributed by atoms with E-state index in [-0.39, 0.29) is 12.0 Å². The number of hydrogen-bond acceptors (Lipinski definition) is 7. The van der Waals surface area contributed by atoms with Crippen molar-refractivity contribution in [1.29, 1.82) is 0 Å². The topological polar surface area (TPSA) is 94.3 Å². The summed E-state index contributed by atoms with van der Waals surface area (Å²) < 4.78 is 2.41. The number of nitrogens with one attached hydrogen (secondary N) is 1. The predicted octanol–water partition coefficient (Wildman–Crippen LogP) is 3.58. The predicted molar refractivity (Wildman–Crippen MR) is 108 cm³/mol. The number of halogens is 1. The van der Waals surface area contributed by atoms with Crippen molar-refractivity contribution in [3.63, 3.8) is 0 Å². The van der Waals surface area contributed by atoms with Gasteiger partial charge in [-0.2, -0.15) is 0 Å². The van der Waals surface area contributed by atoms with E-state index in [1.807, 2.05) is 48.5 Å². The van der Waals surface area contributed by atoms with Crippen molar-refractivity contribution in [2.75, 3.05) is 5.32 Å². The Morgan fingerprint density at radius 2 is 2.11 bits per heavy atom. The number of carbonyl (C=O) groups excluding carboxylic acids is 1. The van der Waals surface area contributed by atoms with Gasteiger partial charge in [-0.1, -0.05) is 51.4 Å². The highest BCUT2D eigenvalue weighted by molar-refractivity contribution is 9.10. The van der Waals surface area contributed by atoms with Gasteiger partial charge in [-0.05, 0) is 46.0 Å². The van der Waals surface area contributed by atoms with Crippen molar-refractivity contribution in [1.82, 2.24) is 20.2 Å². The molecule has 3 aromatic rings. The molecule has 1 amide bonds. The van der Waals surface area contributed by atoms with Crippen LogP contribution in [-0.4, -0.2) is 31.8 Å². The number of benzene rings is 2. The number of anilines is 1. The molecule has 1 N–H and O–H groups in total. The third-order valence-electron chi connectivity index (χ3n) is 4.07. The Kier molecular flexibility index (Phi) is 5.40. The number of carbonyl (C=O) groups is 1. The molecule has 2 aromatic carbocycles. The Bertz CT molecular complexity index is 1040. The molecule has 0 fully saturated rings. The van der Waals surface area contributed by atoms with Crippen molar-refractivity contribution in [2.24, 2.45) is 12.2 Å². The highest BCUT2D eigenvalue weighted by Gasteiger charge is 2.27. The first-order chi connectivity index (χ1) is 13.6. The van der Waals surface area contributed by atoms with Gasteiger partial charge in [0.15, 0.2) is 6.10 Å². The van der Waals surface area contributed by atoms with Crippen LogP contribution >= 0.6 is 27.7 Å². The Balaban J connectivity index is 1.49. The second-order valence-electron chi connectivity index (χ2n) is 6.03. The first-order valence-corrected chi connectivity index (χ1v) is 10.00. The fourth-order valence-electron chi connectivity index (χ4n) is 2.65. The third kappa shape index (κ3) is 4.07. The molecule has 1 aliphatic heterocycles. The Morgan fingerprint density at radius 1 is 1.29 bits per heavy atom. The van der Waals surface area contributed by atoms with Crippen LogP contribution in [0.2, 0.25) is 0 Å². The molecule has 0 saturated heterocycles. The number of aryl methyl sites for hydroxylation is 1. The smallest absolute Gasteiger partial charge is 0.273 e. The number of rotatable bonds is 5. The summed E-state index contributed by atoms with van der Waals surface area (Å²) in [6, 6.07) is 15.3. The largest absolute Gasteiger partial charge is 0.387 e. The van der Waals surface area contributed by atoms with E-state index < -0.39 is 0 Å². The van der Waals surface area contributed by atoms with Gasteiger partial charge in [-0.15, -0.1) is 5.10 Å². The highest BCUT2D eigenvalue weighted by atomic mass is 79.9. The lowest BCUT2D eigenvalue weighted by Crippen LogP contribution is -2.22. The van der Waals surface area contributed by atoms with Crippen molar-refractivity contribution in [3.05, 3.63) is 58.6 Å². The van der Waals surface area contributed by atoms with Crippen LogP contribution < -0.4 is 5.32 Å². The normalized spacial score (nSPS) is 15.8. The monoisotopic (exact) mass is 458 g/mol. The van der Waals surface area contributed by atoms with Gasteiger partial charge in [-0.3, -0.25) is 4.79 Å². The maximum Gasteiger partial charge on any atom is 0.273 e. The van der Waals surface area contributed by atoms with Gasteiger partial charge in [0, 0.05) is 22.8 Å². The number of tetrazole rings is 1. The fraction of sp³-hybridized carbons (Fsp3) is 0.167. The number of oxime groups is 1. The number of hydrogen-bond donors (Lipinski definition) is 1. The summed E-state index contributed by atoms with van der Waals surface area (Å²) in [5, 5.41) is 18.9. The average Bonchev–Trinajstić information content (AvgIpc) is 3.34. The minimum absolute atomic E-state index is 0.247. The van der Waals surface area contributed by atoms with Gasteiger partial charge in [0.1, 0.15) is 5.71 Å². The van der Waals surface area contributed by atoms with Crippen molar-refractivity contribution < 1.29 is 9.63 Å². The van der Waals surface area contributed by atoms with E-state index in [1.54, 1.807) is 11.7 Å². The molecule has 0 radical (unpaired) electrons. The van der Waals surface area contributed by atoms with Gasteiger partial charge in [0.25, 0.3) is 5.91 Å². The molecule has 2 heterocycles. The average molecular weight is 459 g/mol. The molecule has 1 atom stereocenters. The van der Waals surface area contributed by atoms with E-state index in [0.717, 1.165) is 14.9 Å². The minimum atomic E-state index is -0.297. The summed E-state index contributed by atoms with van der Waals surface area (Å²) in [7, 11) is 1.76. The molecule has 0 saturated carbocycles. The lowest BCUT2D eigenvalue weighted by Gasteiger charge is -2.11. The Labute approximate surface area is 173 Å². The lowest BCUT2D eigenvalue weighted by atomic mass is 10.0. The van der Waals surface area contributed by atoms with E-state index in [1.165, 1.54) is 11.8 Å². The maximum atomic E-state index is 12.7. The van der Waals surface area contributed by atoms with Crippen molar-refractivity contribution in [3.8, 4) is 0 Å². The molecular weight excluding hydrogens is 444 g/mol. The molecule has 10 heteroatoms. The molecule has 1 unspecified atom stereocenters. The summed E-state index contributed by atoms with van der Waals surface area (Å²) in [4.78, 5) is 19.0. The van der Waals surface area contributed by atoms with Gasteiger partial charge in [0.05, 0.1) is 5.69 Å². The van der Waals surface area contributed by atoms with E-state index in [4.69, 9.17) is 4.84 Å². The van der Waals surface area contributed by atoms with Gasteiger partial charge < -0.3 is 10.2 Å². The molecule has 1 aliphatic rings. The first kappa shape index (κ1) is 18.6. The summed E-state index contributed by atoms with van der Waals surface area (Å²) in [6.45, 7) is 0. The SMILES string of the molecule is Cn1nnnc1Sc1ccc(Br)cc1NC(=O)C1=NOC(c2ccccc2)C1. The quantitative estimate of drug-likeness (QED) is 0.627. The molecule has 4 rings (SSSR count). The highest BCUT2D eigenvalue weighted by Crippen LogP contribution is 2.34. The summed E-state index contributed by atoms with van der Waals surface area (Å²) >= 11 is 4.80. The fourth-order valence-corrected chi connectivity index (χ4v) is 3.81. The van der Waals surface area contributed by atoms with Crippen LogP contribution in [-0.2, 0) is 16.7 Å². The molecular formula is C18H15BrN6O2S. The first-order valence-electron chi connectivity index (χ1n) is 8.39. The maximum absolute atomic E-state index is 12.7. The molecule has 1 aromatic heterocycles. The van der Waals surface area contributed by atoms with Gasteiger partial charge >= 0.3 is 0 Å². The minimum Gasteiger partial charge on any atom is -0.387 e. The third-order valence-corrected chi connectivity index (χ3v) is 5.67. The summed E-state index contributed by atoms with van der Waals surface area (Å²) in [6.07, 6.45) is 0.169. The van der Waals surface area contributed by atoms with E-state index in [0.29, 0.717) is 23.0 Å². The van der Waals surface area contributed by atoms with Crippen LogP contribution in [0.1, 0.15) is 18.1 Å². The molecule has 8 nitrogen and oxygen atoms in total. The van der Waals surface area contributed by atoms with Crippen LogP contribution in [0.3, 0.4) is 0 Å². The molecule has 0 spiro atoms. The zero-order valence-electron chi connectivity index (χ0n) is 14.7. The number of nitrogens with zero attached hydrogens (tertiary/aromatic N) is 5. The van der Waals surface area contributed by atoms with E-state index >= 15 is 0 Å².